The molecule has 0 saturated carbocycles. The van der Waals surface area contributed by atoms with E-state index in [1.54, 1.807) is 0 Å². The average molecular weight is 194 g/mol. The van der Waals surface area contributed by atoms with Crippen molar-refractivity contribution in [3.8, 4) is 0 Å². The van der Waals surface area contributed by atoms with Crippen LogP contribution in [0.1, 0.15) is 20.3 Å². The molecule has 0 aromatic rings. The highest BCUT2D eigenvalue weighted by Gasteiger charge is 2.34. The molecule has 0 aromatic heterocycles. The Kier molecular flexibility index (Phi) is 6.19. The first kappa shape index (κ1) is 12.8. The van der Waals surface area contributed by atoms with Crippen LogP contribution in [0.4, 0.5) is 0 Å². The quantitative estimate of drug-likeness (QED) is 0.422. The minimum absolute atomic E-state index is 0.148. The second-order valence-electron chi connectivity index (χ2n) is 2.62. The van der Waals surface area contributed by atoms with Crippen molar-refractivity contribution in [2.45, 2.75) is 44.9 Å². The van der Waals surface area contributed by atoms with Crippen molar-refractivity contribution >= 4 is 0 Å². The lowest BCUT2D eigenvalue weighted by molar-refractivity contribution is -0.251. The maximum absolute atomic E-state index is 9.05. The van der Waals surface area contributed by atoms with Crippen LogP contribution < -0.4 is 0 Å². The van der Waals surface area contributed by atoms with Crippen LogP contribution in [0.15, 0.2) is 0 Å². The number of aliphatic hydroxyl groups is 4. The van der Waals surface area contributed by atoms with E-state index in [1.165, 1.54) is 0 Å². The maximum Gasteiger partial charge on any atom is 0.183 e. The first-order chi connectivity index (χ1) is 6.15. The van der Waals surface area contributed by atoms with Gasteiger partial charge in [-0.25, -0.2) is 0 Å². The van der Waals surface area contributed by atoms with Gasteiger partial charge in [-0.05, 0) is 0 Å². The van der Waals surface area contributed by atoms with E-state index >= 15 is 0 Å². The highest BCUT2D eigenvalue weighted by Crippen LogP contribution is 2.17. The van der Waals surface area contributed by atoms with Crippen LogP contribution in [0.25, 0.3) is 0 Å². The molecule has 1 heterocycles. The van der Waals surface area contributed by atoms with Crippen molar-refractivity contribution in [1.82, 2.24) is 0 Å². The summed E-state index contributed by atoms with van der Waals surface area (Å²) in [6.45, 7) is 3.74. The van der Waals surface area contributed by atoms with Gasteiger partial charge in [-0.2, -0.15) is 0 Å². The Morgan fingerprint density at radius 3 is 2.15 bits per heavy atom. The van der Waals surface area contributed by atoms with Crippen LogP contribution in [0.2, 0.25) is 0 Å². The first-order valence-electron chi connectivity index (χ1n) is 4.45. The smallest absolute Gasteiger partial charge is 0.183 e. The summed E-state index contributed by atoms with van der Waals surface area (Å²) in [5.74, 6) is 0. The zero-order chi connectivity index (χ0) is 10.4. The monoisotopic (exact) mass is 194 g/mol. The van der Waals surface area contributed by atoms with E-state index in [1.807, 2.05) is 13.8 Å². The second-order valence-corrected chi connectivity index (χ2v) is 2.62. The predicted octanol–water partition coefficient (Wildman–Crippen LogP) is -1.17. The van der Waals surface area contributed by atoms with Crippen molar-refractivity contribution in [3.05, 3.63) is 0 Å². The summed E-state index contributed by atoms with van der Waals surface area (Å²) >= 11 is 0. The molecule has 1 aliphatic heterocycles. The molecule has 4 atom stereocenters. The van der Waals surface area contributed by atoms with E-state index in [0.29, 0.717) is 0 Å². The standard InChI is InChI=1S/C6H12O5.C2H6/c7-2-3-1-4(8)5(9)6(10)11-3;1-2/h3-10H,1-2H2;1-2H3/t3?,4?,5-,6?;/m1./s1. The van der Waals surface area contributed by atoms with E-state index in [-0.39, 0.29) is 13.0 Å². The van der Waals surface area contributed by atoms with Crippen LogP contribution >= 0.6 is 0 Å². The third-order valence-electron chi connectivity index (χ3n) is 1.73. The molecule has 0 aliphatic carbocycles. The number of hydrogen-bond acceptors (Lipinski definition) is 5. The Hall–Kier alpha value is -0.200. The van der Waals surface area contributed by atoms with E-state index in [4.69, 9.17) is 25.2 Å². The minimum atomic E-state index is -1.39. The van der Waals surface area contributed by atoms with Crippen molar-refractivity contribution < 1.29 is 25.2 Å². The van der Waals surface area contributed by atoms with Crippen molar-refractivity contribution in [2.75, 3.05) is 6.61 Å². The Balaban J connectivity index is 0.000000671. The Morgan fingerprint density at radius 2 is 1.77 bits per heavy atom. The molecule has 0 amide bonds. The largest absolute Gasteiger partial charge is 0.394 e. The molecule has 1 fully saturated rings. The Morgan fingerprint density at radius 1 is 1.23 bits per heavy atom. The predicted molar refractivity (Wildman–Crippen MR) is 45.9 cm³/mol. The molecule has 1 saturated heterocycles. The fourth-order valence-corrected chi connectivity index (χ4v) is 1.05. The molecule has 0 radical (unpaired) electrons. The molecule has 13 heavy (non-hydrogen) atoms. The zero-order valence-corrected chi connectivity index (χ0v) is 7.92. The highest BCUT2D eigenvalue weighted by molar-refractivity contribution is 4.79. The average Bonchev–Trinajstić information content (AvgIpc) is 2.16. The molecule has 80 valence electrons. The molecule has 5 nitrogen and oxygen atoms in total. The van der Waals surface area contributed by atoms with Gasteiger partial charge < -0.3 is 25.2 Å². The topological polar surface area (TPSA) is 90.2 Å². The van der Waals surface area contributed by atoms with Gasteiger partial charge in [0.1, 0.15) is 6.10 Å². The second kappa shape index (κ2) is 6.28. The van der Waals surface area contributed by atoms with Gasteiger partial charge in [0.15, 0.2) is 6.29 Å². The third kappa shape index (κ3) is 3.58. The SMILES string of the molecule is CC.OCC1CC(O)[C@@H](O)C(O)O1. The zero-order valence-electron chi connectivity index (χ0n) is 7.92. The van der Waals surface area contributed by atoms with Gasteiger partial charge in [0.2, 0.25) is 0 Å². The highest BCUT2D eigenvalue weighted by atomic mass is 16.6. The van der Waals surface area contributed by atoms with Gasteiger partial charge in [-0.3, -0.25) is 0 Å². The maximum atomic E-state index is 9.05. The van der Waals surface area contributed by atoms with Crippen molar-refractivity contribution in [2.24, 2.45) is 0 Å². The summed E-state index contributed by atoms with van der Waals surface area (Å²) in [5, 5.41) is 35.5. The molecule has 0 aromatic carbocycles. The molecule has 3 unspecified atom stereocenters. The van der Waals surface area contributed by atoms with Gasteiger partial charge >= 0.3 is 0 Å². The van der Waals surface area contributed by atoms with E-state index in [0.717, 1.165) is 0 Å². The van der Waals surface area contributed by atoms with E-state index in [2.05, 4.69) is 0 Å². The summed E-state index contributed by atoms with van der Waals surface area (Å²) in [7, 11) is 0. The van der Waals surface area contributed by atoms with Crippen molar-refractivity contribution in [3.63, 3.8) is 0 Å². The van der Waals surface area contributed by atoms with Gasteiger partial charge in [0.05, 0.1) is 18.8 Å². The third-order valence-corrected chi connectivity index (χ3v) is 1.73. The van der Waals surface area contributed by atoms with Crippen LogP contribution in [0.5, 0.6) is 0 Å². The van der Waals surface area contributed by atoms with Gasteiger partial charge in [-0.1, -0.05) is 13.8 Å². The number of ether oxygens (including phenoxy) is 1. The lowest BCUT2D eigenvalue weighted by Gasteiger charge is -2.33. The molecule has 1 rings (SSSR count). The summed E-state index contributed by atoms with van der Waals surface area (Å²) in [6, 6.07) is 0. The number of rotatable bonds is 1. The molecular formula is C8H18O5. The van der Waals surface area contributed by atoms with Crippen LogP contribution in [-0.4, -0.2) is 51.6 Å². The fraction of sp³-hybridized carbons (Fsp3) is 1.00. The van der Waals surface area contributed by atoms with E-state index in [9.17, 15) is 0 Å². The molecule has 0 bridgehead atoms. The number of aliphatic hydroxyl groups excluding tert-OH is 4. The van der Waals surface area contributed by atoms with Gasteiger partial charge in [0.25, 0.3) is 0 Å². The summed E-state index contributed by atoms with van der Waals surface area (Å²) in [4.78, 5) is 0. The molecule has 1 aliphatic rings. The van der Waals surface area contributed by atoms with E-state index < -0.39 is 24.6 Å². The molecule has 4 N–H and O–H groups in total. The van der Waals surface area contributed by atoms with Crippen molar-refractivity contribution in [1.29, 1.82) is 0 Å². The summed E-state index contributed by atoms with van der Waals surface area (Å²) in [6.07, 6.45) is -4.11. The van der Waals surface area contributed by atoms with Gasteiger partial charge in [-0.15, -0.1) is 0 Å². The van der Waals surface area contributed by atoms with Crippen LogP contribution in [0, 0.1) is 0 Å². The lowest BCUT2D eigenvalue weighted by Crippen LogP contribution is -2.49. The molecule has 5 heteroatoms. The lowest BCUT2D eigenvalue weighted by atomic mass is 10.0. The Labute approximate surface area is 77.6 Å². The molecular weight excluding hydrogens is 176 g/mol. The van der Waals surface area contributed by atoms with Crippen LogP contribution in [0.3, 0.4) is 0 Å². The van der Waals surface area contributed by atoms with Gasteiger partial charge in [0, 0.05) is 6.42 Å². The molecule has 0 spiro atoms. The Bertz CT molecular complexity index is 118. The normalized spacial score (nSPS) is 39.2. The summed E-state index contributed by atoms with van der Waals surface area (Å²) in [5.41, 5.74) is 0. The van der Waals surface area contributed by atoms with Crippen LogP contribution in [-0.2, 0) is 4.74 Å². The summed E-state index contributed by atoms with van der Waals surface area (Å²) < 4.78 is 4.71. The minimum Gasteiger partial charge on any atom is -0.394 e. The first-order valence-corrected chi connectivity index (χ1v) is 4.45. The fourth-order valence-electron chi connectivity index (χ4n) is 1.05. The number of hydrogen-bond donors (Lipinski definition) is 4.